The first-order valence-corrected chi connectivity index (χ1v) is 14.0. The van der Waals surface area contributed by atoms with Gasteiger partial charge in [0.05, 0.1) is 34.5 Å². The van der Waals surface area contributed by atoms with E-state index in [0.717, 1.165) is 11.8 Å². The van der Waals surface area contributed by atoms with E-state index in [-0.39, 0.29) is 34.1 Å². The standard InChI is InChI=1S/C28H26ClF4N5O2S/c1-16-36-27(28(31,32)33)14-37(16)24-8-5-18(19-10-23(30)22(15-39)26(12-19)41(2)40)11-25(24)38(35)21(13-34)9-17-3-6-20(29)7-4-17/h3-8,10-14,39H,9,15,34-35H2,1-2H3/b21-13-. The van der Waals surface area contributed by atoms with Crippen molar-refractivity contribution in [2.75, 3.05) is 11.3 Å². The highest BCUT2D eigenvalue weighted by Crippen LogP contribution is 2.36. The van der Waals surface area contributed by atoms with Gasteiger partial charge in [-0.1, -0.05) is 29.8 Å². The molecule has 4 aromatic rings. The van der Waals surface area contributed by atoms with Gasteiger partial charge in [0.25, 0.3) is 0 Å². The third-order valence-electron chi connectivity index (χ3n) is 6.42. The molecule has 216 valence electrons. The summed E-state index contributed by atoms with van der Waals surface area (Å²) in [7, 11) is -1.61. The van der Waals surface area contributed by atoms with Crippen molar-refractivity contribution in [1.29, 1.82) is 0 Å². The Bertz CT molecular complexity index is 1640. The number of aromatic nitrogens is 2. The summed E-state index contributed by atoms with van der Waals surface area (Å²) in [6.07, 6.45) is -0.915. The van der Waals surface area contributed by atoms with Crippen LogP contribution in [0.4, 0.5) is 23.2 Å². The van der Waals surface area contributed by atoms with Gasteiger partial charge in [-0.2, -0.15) is 13.2 Å². The minimum atomic E-state index is -4.67. The van der Waals surface area contributed by atoms with E-state index in [1.807, 2.05) is 0 Å². The molecule has 1 unspecified atom stereocenters. The van der Waals surface area contributed by atoms with Crippen molar-refractivity contribution in [1.82, 2.24) is 9.55 Å². The second-order valence-electron chi connectivity index (χ2n) is 9.12. The van der Waals surface area contributed by atoms with Gasteiger partial charge in [-0.05, 0) is 60.0 Å². The highest BCUT2D eigenvalue weighted by Gasteiger charge is 2.35. The summed E-state index contributed by atoms with van der Waals surface area (Å²) in [5.41, 5.74) is 7.20. The van der Waals surface area contributed by atoms with E-state index < -0.39 is 35.1 Å². The molecule has 1 atom stereocenters. The number of nitrogens with two attached hydrogens (primary N) is 2. The molecule has 1 heterocycles. The number of anilines is 1. The SMILES string of the molecule is Cc1nc(C(F)(F)F)cn1-c1ccc(-c2cc(F)c(CO)c(S(C)=O)c2)cc1N(N)/C(=C\N)Cc1ccc(Cl)cc1. The number of nitrogens with zero attached hydrogens (tertiary/aromatic N) is 3. The molecule has 41 heavy (non-hydrogen) atoms. The molecule has 0 bridgehead atoms. The molecule has 0 aliphatic rings. The Morgan fingerprint density at radius 3 is 2.39 bits per heavy atom. The quantitative estimate of drug-likeness (QED) is 0.136. The lowest BCUT2D eigenvalue weighted by molar-refractivity contribution is -0.141. The Kier molecular flexibility index (Phi) is 8.88. The number of aliphatic hydroxyl groups is 1. The van der Waals surface area contributed by atoms with Crippen LogP contribution in [0.15, 0.2) is 77.6 Å². The van der Waals surface area contributed by atoms with Gasteiger partial charge in [-0.15, -0.1) is 0 Å². The number of imidazole rings is 1. The van der Waals surface area contributed by atoms with E-state index >= 15 is 0 Å². The van der Waals surface area contributed by atoms with Crippen LogP contribution in [0.5, 0.6) is 0 Å². The van der Waals surface area contributed by atoms with Crippen molar-refractivity contribution in [3.05, 3.63) is 106 Å². The van der Waals surface area contributed by atoms with Gasteiger partial charge < -0.3 is 15.4 Å². The topological polar surface area (TPSA) is 110 Å². The predicted octanol–water partition coefficient (Wildman–Crippen LogP) is 5.61. The smallest absolute Gasteiger partial charge is 0.403 e. The van der Waals surface area contributed by atoms with Crippen molar-refractivity contribution < 1.29 is 26.9 Å². The van der Waals surface area contributed by atoms with Gasteiger partial charge in [0, 0.05) is 40.6 Å². The zero-order valence-corrected chi connectivity index (χ0v) is 23.5. The zero-order valence-electron chi connectivity index (χ0n) is 21.9. The summed E-state index contributed by atoms with van der Waals surface area (Å²) in [6.45, 7) is 0.783. The average molecular weight is 608 g/mol. The van der Waals surface area contributed by atoms with Crippen LogP contribution in [0, 0.1) is 12.7 Å². The van der Waals surface area contributed by atoms with Crippen LogP contribution in [0.3, 0.4) is 0 Å². The van der Waals surface area contributed by atoms with Gasteiger partial charge in [0.2, 0.25) is 0 Å². The molecule has 0 saturated heterocycles. The number of rotatable bonds is 8. The van der Waals surface area contributed by atoms with E-state index in [1.165, 1.54) is 47.2 Å². The third-order valence-corrected chi connectivity index (χ3v) is 7.66. The van der Waals surface area contributed by atoms with E-state index in [4.69, 9.17) is 23.2 Å². The van der Waals surface area contributed by atoms with E-state index in [2.05, 4.69) is 4.98 Å². The van der Waals surface area contributed by atoms with Gasteiger partial charge >= 0.3 is 6.18 Å². The number of aryl methyl sites for hydroxylation is 1. The molecule has 0 saturated carbocycles. The third kappa shape index (κ3) is 6.46. The van der Waals surface area contributed by atoms with Crippen LogP contribution in [0.2, 0.25) is 5.02 Å². The molecule has 0 aliphatic heterocycles. The fourth-order valence-corrected chi connectivity index (χ4v) is 5.26. The van der Waals surface area contributed by atoms with Crippen LogP contribution in [-0.4, -0.2) is 25.1 Å². The Balaban J connectivity index is 1.89. The highest BCUT2D eigenvalue weighted by molar-refractivity contribution is 7.84. The molecule has 0 amide bonds. The van der Waals surface area contributed by atoms with Crippen molar-refractivity contribution in [2.24, 2.45) is 11.6 Å². The maximum absolute atomic E-state index is 14.9. The maximum atomic E-state index is 14.9. The molecule has 0 fully saturated rings. The van der Waals surface area contributed by atoms with Crippen molar-refractivity contribution in [3.8, 4) is 16.8 Å². The van der Waals surface area contributed by atoms with E-state index in [0.29, 0.717) is 21.8 Å². The molecule has 3 aromatic carbocycles. The number of alkyl halides is 3. The summed E-state index contributed by atoms with van der Waals surface area (Å²) in [5.74, 6) is 5.86. The van der Waals surface area contributed by atoms with E-state index in [9.17, 15) is 26.9 Å². The molecular formula is C28H26ClF4N5O2S. The number of hydrazine groups is 1. The lowest BCUT2D eigenvalue weighted by atomic mass is 10.0. The number of aliphatic hydroxyl groups excluding tert-OH is 1. The summed E-state index contributed by atoms with van der Waals surface area (Å²) in [6, 6.07) is 14.3. The lowest BCUT2D eigenvalue weighted by Crippen LogP contribution is -2.33. The van der Waals surface area contributed by atoms with Crippen molar-refractivity contribution in [3.63, 3.8) is 0 Å². The number of allylic oxidation sites excluding steroid dienone is 1. The summed E-state index contributed by atoms with van der Waals surface area (Å²) in [5, 5.41) is 11.4. The van der Waals surface area contributed by atoms with Crippen LogP contribution in [-0.2, 0) is 30.0 Å². The van der Waals surface area contributed by atoms with Crippen molar-refractivity contribution >= 4 is 28.1 Å². The molecule has 0 spiro atoms. The second-order valence-corrected chi connectivity index (χ2v) is 10.9. The Morgan fingerprint density at radius 1 is 1.15 bits per heavy atom. The van der Waals surface area contributed by atoms with Crippen LogP contribution >= 0.6 is 11.6 Å². The van der Waals surface area contributed by atoms with Crippen LogP contribution in [0.25, 0.3) is 16.8 Å². The fraction of sp³-hybridized carbons (Fsp3) is 0.179. The first-order chi connectivity index (χ1) is 19.3. The number of halogens is 5. The Morgan fingerprint density at radius 2 is 1.83 bits per heavy atom. The van der Waals surface area contributed by atoms with Crippen LogP contribution in [0.1, 0.15) is 22.6 Å². The molecule has 7 nitrogen and oxygen atoms in total. The average Bonchev–Trinajstić information content (AvgIpc) is 3.33. The van der Waals surface area contributed by atoms with Gasteiger partial charge in [0.1, 0.15) is 11.6 Å². The zero-order chi connectivity index (χ0) is 30.1. The van der Waals surface area contributed by atoms with Crippen molar-refractivity contribution in [2.45, 2.75) is 31.0 Å². The van der Waals surface area contributed by atoms with Gasteiger partial charge in [0.15, 0.2) is 5.69 Å². The molecule has 1 aromatic heterocycles. The van der Waals surface area contributed by atoms with E-state index in [1.54, 1.807) is 36.4 Å². The Labute approximate surface area is 241 Å². The normalized spacial score (nSPS) is 13.0. The van der Waals surface area contributed by atoms with Gasteiger partial charge in [-0.25, -0.2) is 15.2 Å². The Hall–Kier alpha value is -3.71. The summed E-state index contributed by atoms with van der Waals surface area (Å²) < 4.78 is 68.9. The molecular weight excluding hydrogens is 582 g/mol. The largest absolute Gasteiger partial charge is 0.434 e. The summed E-state index contributed by atoms with van der Waals surface area (Å²) in [4.78, 5) is 3.78. The highest BCUT2D eigenvalue weighted by atomic mass is 35.5. The monoisotopic (exact) mass is 607 g/mol. The van der Waals surface area contributed by atoms with Crippen LogP contribution < -0.4 is 16.6 Å². The fourth-order valence-electron chi connectivity index (χ4n) is 4.33. The first-order valence-electron chi connectivity index (χ1n) is 12.1. The summed E-state index contributed by atoms with van der Waals surface area (Å²) >= 11 is 5.99. The molecule has 5 N–H and O–H groups in total. The van der Waals surface area contributed by atoms with Gasteiger partial charge in [-0.3, -0.25) is 9.22 Å². The second kappa shape index (κ2) is 12.0. The molecule has 0 radical (unpaired) electrons. The molecule has 0 aliphatic carbocycles. The first kappa shape index (κ1) is 30.3. The minimum absolute atomic E-state index is 0.0534. The molecule has 13 heteroatoms. The maximum Gasteiger partial charge on any atom is 0.434 e. The predicted molar refractivity (Wildman–Crippen MR) is 151 cm³/mol. The minimum Gasteiger partial charge on any atom is -0.403 e. The number of hydrogen-bond acceptors (Lipinski definition) is 6. The lowest BCUT2D eigenvalue weighted by Gasteiger charge is -2.26. The number of hydrogen-bond donors (Lipinski definition) is 3. The number of benzene rings is 3. The molecule has 4 rings (SSSR count).